The molecule has 0 aliphatic rings. The molecule has 3 heteroatoms. The normalized spacial score (nSPS) is 12.6. The number of pyridine rings is 2. The van der Waals surface area contributed by atoms with Crippen molar-refractivity contribution in [3.05, 3.63) is 84.1 Å². The molecular weight excluding hydrogens is 414 g/mol. The zero-order valence-corrected chi connectivity index (χ0v) is 19.5. The Morgan fingerprint density at radius 3 is 2.38 bits per heavy atom. The molecule has 0 fully saturated rings. The summed E-state index contributed by atoms with van der Waals surface area (Å²) in [5, 5.41) is 18.4. The molecule has 34 heavy (non-hydrogen) atoms. The SMILES string of the molecule is CC(C)(C)Cc1cc2ccnc3c4cc5ccccc5c(C#N)c4n4c5ccccc5c1c4c23. The highest BCUT2D eigenvalue weighted by Crippen LogP contribution is 2.45. The van der Waals surface area contributed by atoms with Gasteiger partial charge in [0.15, 0.2) is 0 Å². The number of nitrogens with zero attached hydrogens (tertiary/aromatic N) is 3. The molecule has 0 saturated carbocycles. The second-order valence-electron chi connectivity index (χ2n) is 10.6. The fourth-order valence-corrected chi connectivity index (χ4v) is 5.92. The molecule has 7 aromatic rings. The molecule has 4 aromatic carbocycles. The average Bonchev–Trinajstić information content (AvgIpc) is 3.17. The first kappa shape index (κ1) is 19.3. The molecule has 0 N–H and O–H groups in total. The Labute approximate surface area is 197 Å². The van der Waals surface area contributed by atoms with Gasteiger partial charge >= 0.3 is 0 Å². The number of rotatable bonds is 1. The number of para-hydroxylation sites is 1. The summed E-state index contributed by atoms with van der Waals surface area (Å²) in [6.07, 6.45) is 2.88. The van der Waals surface area contributed by atoms with Gasteiger partial charge in [-0.05, 0) is 46.4 Å². The zero-order chi connectivity index (χ0) is 23.2. The van der Waals surface area contributed by atoms with E-state index in [-0.39, 0.29) is 5.41 Å². The summed E-state index contributed by atoms with van der Waals surface area (Å²) in [6, 6.07) is 26.1. The molecule has 0 amide bonds. The molecule has 162 valence electrons. The third-order valence-corrected chi connectivity index (χ3v) is 7.08. The van der Waals surface area contributed by atoms with Gasteiger partial charge in [0, 0.05) is 33.1 Å². The van der Waals surface area contributed by atoms with E-state index in [1.54, 1.807) is 0 Å². The number of benzene rings is 4. The van der Waals surface area contributed by atoms with Crippen LogP contribution in [0.15, 0.2) is 72.9 Å². The summed E-state index contributed by atoms with van der Waals surface area (Å²) >= 11 is 0. The van der Waals surface area contributed by atoms with E-state index in [0.29, 0.717) is 5.56 Å². The molecule has 0 spiro atoms. The highest BCUT2D eigenvalue weighted by atomic mass is 14.9. The Bertz CT molecular complexity index is 1980. The highest BCUT2D eigenvalue weighted by molar-refractivity contribution is 6.29. The standard InChI is InChI=1S/C31H23N3/c1-31(2,3)16-20-14-19-12-13-33-28-23-15-18-8-4-5-9-21(18)24(17-32)29(23)34-25-11-7-6-10-22(25)26(20)30(34)27(19)28/h4-15H,16H2,1-3H3. The first-order valence-corrected chi connectivity index (χ1v) is 11.8. The smallest absolute Gasteiger partial charge is 0.102 e. The quantitative estimate of drug-likeness (QED) is 0.193. The van der Waals surface area contributed by atoms with E-state index in [0.717, 1.165) is 39.1 Å². The van der Waals surface area contributed by atoms with E-state index in [2.05, 4.69) is 85.8 Å². The maximum absolute atomic E-state index is 10.4. The van der Waals surface area contributed by atoms with Crippen LogP contribution in [0.25, 0.3) is 59.8 Å². The lowest BCUT2D eigenvalue weighted by atomic mass is 9.85. The van der Waals surface area contributed by atoms with Crippen LogP contribution >= 0.6 is 0 Å². The minimum atomic E-state index is 0.149. The third-order valence-electron chi connectivity index (χ3n) is 7.08. The lowest BCUT2D eigenvalue weighted by Gasteiger charge is -2.21. The van der Waals surface area contributed by atoms with Gasteiger partial charge in [0.05, 0.1) is 27.6 Å². The summed E-state index contributed by atoms with van der Waals surface area (Å²) < 4.78 is 2.34. The minimum Gasteiger partial charge on any atom is -0.306 e. The third kappa shape index (κ3) is 2.43. The number of nitriles is 1. The van der Waals surface area contributed by atoms with Crippen molar-refractivity contribution in [1.82, 2.24) is 9.38 Å². The summed E-state index contributed by atoms with van der Waals surface area (Å²) in [5.74, 6) is 0. The fourth-order valence-electron chi connectivity index (χ4n) is 5.92. The Kier molecular flexibility index (Phi) is 3.67. The van der Waals surface area contributed by atoms with Gasteiger partial charge in [-0.15, -0.1) is 0 Å². The summed E-state index contributed by atoms with van der Waals surface area (Å²) in [5.41, 5.74) is 6.45. The van der Waals surface area contributed by atoms with Gasteiger partial charge < -0.3 is 4.40 Å². The Hall–Kier alpha value is -4.16. The van der Waals surface area contributed by atoms with Gasteiger partial charge in [-0.2, -0.15) is 5.26 Å². The van der Waals surface area contributed by atoms with Gasteiger partial charge in [0.1, 0.15) is 6.07 Å². The predicted molar refractivity (Wildman–Crippen MR) is 142 cm³/mol. The van der Waals surface area contributed by atoms with E-state index in [1.165, 1.54) is 32.6 Å². The summed E-state index contributed by atoms with van der Waals surface area (Å²) in [7, 11) is 0. The van der Waals surface area contributed by atoms with Gasteiger partial charge in [-0.1, -0.05) is 69.3 Å². The first-order valence-electron chi connectivity index (χ1n) is 11.8. The van der Waals surface area contributed by atoms with E-state index in [9.17, 15) is 5.26 Å². The van der Waals surface area contributed by atoms with Crippen LogP contribution in [0.4, 0.5) is 0 Å². The number of hydrogen-bond donors (Lipinski definition) is 0. The predicted octanol–water partition coefficient (Wildman–Crippen LogP) is 8.00. The number of fused-ring (bicyclic) bond motifs is 7. The zero-order valence-electron chi connectivity index (χ0n) is 19.5. The van der Waals surface area contributed by atoms with Crippen LogP contribution in [0, 0.1) is 16.7 Å². The van der Waals surface area contributed by atoms with E-state index >= 15 is 0 Å². The molecule has 7 rings (SSSR count). The lowest BCUT2D eigenvalue weighted by Crippen LogP contribution is -2.09. The molecule has 0 radical (unpaired) electrons. The van der Waals surface area contributed by atoms with Crippen molar-refractivity contribution in [2.75, 3.05) is 0 Å². The maximum atomic E-state index is 10.4. The Morgan fingerprint density at radius 1 is 0.824 bits per heavy atom. The van der Waals surface area contributed by atoms with Gasteiger partial charge in [-0.25, -0.2) is 0 Å². The second-order valence-corrected chi connectivity index (χ2v) is 10.6. The Morgan fingerprint density at radius 2 is 1.59 bits per heavy atom. The topological polar surface area (TPSA) is 41.1 Å². The highest BCUT2D eigenvalue weighted by Gasteiger charge is 2.25. The Balaban J connectivity index is 1.89. The van der Waals surface area contributed by atoms with Crippen LogP contribution in [0.3, 0.4) is 0 Å². The summed E-state index contributed by atoms with van der Waals surface area (Å²) in [4.78, 5) is 4.90. The van der Waals surface area contributed by atoms with E-state index in [1.807, 2.05) is 18.3 Å². The van der Waals surface area contributed by atoms with Crippen molar-refractivity contribution in [3.63, 3.8) is 0 Å². The van der Waals surface area contributed by atoms with Crippen LogP contribution in [-0.2, 0) is 6.42 Å². The van der Waals surface area contributed by atoms with Crippen LogP contribution < -0.4 is 0 Å². The van der Waals surface area contributed by atoms with Crippen LogP contribution in [-0.4, -0.2) is 9.38 Å². The summed E-state index contributed by atoms with van der Waals surface area (Å²) in [6.45, 7) is 6.88. The van der Waals surface area contributed by atoms with Crippen molar-refractivity contribution in [3.8, 4) is 6.07 Å². The molecule has 0 unspecified atom stereocenters. The molecule has 0 atom stereocenters. The van der Waals surface area contributed by atoms with Crippen molar-refractivity contribution < 1.29 is 0 Å². The van der Waals surface area contributed by atoms with Crippen molar-refractivity contribution in [1.29, 1.82) is 5.26 Å². The first-order chi connectivity index (χ1) is 16.5. The monoisotopic (exact) mass is 437 g/mol. The maximum Gasteiger partial charge on any atom is 0.102 e. The minimum absolute atomic E-state index is 0.149. The van der Waals surface area contributed by atoms with Crippen molar-refractivity contribution in [2.45, 2.75) is 27.2 Å². The molecule has 3 aromatic heterocycles. The number of aromatic nitrogens is 2. The molecule has 0 bridgehead atoms. The molecule has 3 heterocycles. The van der Waals surface area contributed by atoms with Crippen LogP contribution in [0.2, 0.25) is 0 Å². The van der Waals surface area contributed by atoms with Gasteiger partial charge in [0.25, 0.3) is 0 Å². The molecule has 0 saturated heterocycles. The molecule has 0 aliphatic carbocycles. The second kappa shape index (κ2) is 6.46. The average molecular weight is 438 g/mol. The van der Waals surface area contributed by atoms with E-state index in [4.69, 9.17) is 4.98 Å². The van der Waals surface area contributed by atoms with Gasteiger partial charge in [0.2, 0.25) is 0 Å². The van der Waals surface area contributed by atoms with Crippen LogP contribution in [0.1, 0.15) is 31.9 Å². The van der Waals surface area contributed by atoms with Gasteiger partial charge in [-0.3, -0.25) is 4.98 Å². The van der Waals surface area contributed by atoms with Crippen LogP contribution in [0.5, 0.6) is 0 Å². The fraction of sp³-hybridized carbons (Fsp3) is 0.161. The molecule has 0 aliphatic heterocycles. The molecule has 3 nitrogen and oxygen atoms in total. The lowest BCUT2D eigenvalue weighted by molar-refractivity contribution is 0.413. The van der Waals surface area contributed by atoms with Crippen molar-refractivity contribution in [2.24, 2.45) is 5.41 Å². The van der Waals surface area contributed by atoms with E-state index < -0.39 is 0 Å². The van der Waals surface area contributed by atoms with Crippen molar-refractivity contribution >= 4 is 59.8 Å². The number of hydrogen-bond acceptors (Lipinski definition) is 2. The largest absolute Gasteiger partial charge is 0.306 e. The molecular formula is C31H23N3.